The maximum absolute atomic E-state index is 6.47. The van der Waals surface area contributed by atoms with E-state index >= 15 is 0 Å². The van der Waals surface area contributed by atoms with Gasteiger partial charge in [-0.25, -0.2) is 9.97 Å². The van der Waals surface area contributed by atoms with Gasteiger partial charge in [0.25, 0.3) is 0 Å². The smallest absolute Gasteiger partial charge is 0.180 e. The Bertz CT molecular complexity index is 2860. The van der Waals surface area contributed by atoms with E-state index in [0.717, 1.165) is 66.2 Å². The molecule has 7 aromatic carbocycles. The number of furan rings is 2. The molecule has 0 radical (unpaired) electrons. The first kappa shape index (κ1) is 28.3. The van der Waals surface area contributed by atoms with Gasteiger partial charge in [0, 0.05) is 27.3 Å². The van der Waals surface area contributed by atoms with Crippen LogP contribution in [-0.4, -0.2) is 9.97 Å². The maximum atomic E-state index is 6.47. The summed E-state index contributed by atoms with van der Waals surface area (Å²) in [7, 11) is 0. The van der Waals surface area contributed by atoms with Crippen molar-refractivity contribution in [3.63, 3.8) is 0 Å². The minimum absolute atomic E-state index is 0.627. The zero-order chi connectivity index (χ0) is 33.0. The molecule has 0 atom stereocenters. The third-order valence-electron chi connectivity index (χ3n) is 9.52. The molecule has 0 saturated carbocycles. The summed E-state index contributed by atoms with van der Waals surface area (Å²) in [6, 6.07) is 58.7. The van der Waals surface area contributed by atoms with Gasteiger partial charge in [0.1, 0.15) is 28.0 Å². The Labute approximate surface area is 287 Å². The number of rotatable bonds is 5. The van der Waals surface area contributed by atoms with Crippen LogP contribution in [0.4, 0.5) is 0 Å². The predicted octanol–water partition coefficient (Wildman–Crippen LogP) is 12.6. The molecule has 234 valence electrons. The molecular weight excluding hydrogens is 613 g/mol. The highest BCUT2D eigenvalue weighted by atomic mass is 16.3. The molecule has 0 aliphatic heterocycles. The minimum atomic E-state index is 0.627. The fourth-order valence-electron chi connectivity index (χ4n) is 7.04. The summed E-state index contributed by atoms with van der Waals surface area (Å²) >= 11 is 0. The molecule has 0 spiro atoms. The molecule has 0 aliphatic rings. The third kappa shape index (κ3) is 4.69. The Morgan fingerprint density at radius 2 is 0.840 bits per heavy atom. The lowest BCUT2D eigenvalue weighted by Crippen LogP contribution is -1.94. The number of para-hydroxylation sites is 3. The van der Waals surface area contributed by atoms with E-state index in [1.54, 1.807) is 0 Å². The van der Waals surface area contributed by atoms with Crippen molar-refractivity contribution in [2.45, 2.75) is 0 Å². The molecule has 0 bridgehead atoms. The number of aromatic nitrogens is 2. The Hall–Kier alpha value is -6.78. The second-order valence-corrected chi connectivity index (χ2v) is 12.6. The zero-order valence-electron chi connectivity index (χ0n) is 26.9. The van der Waals surface area contributed by atoms with E-state index in [2.05, 4.69) is 127 Å². The van der Waals surface area contributed by atoms with Crippen molar-refractivity contribution in [3.8, 4) is 56.0 Å². The molecule has 0 N–H and O–H groups in total. The van der Waals surface area contributed by atoms with Crippen molar-refractivity contribution in [2.75, 3.05) is 0 Å². The Morgan fingerprint density at radius 1 is 0.340 bits per heavy atom. The summed E-state index contributed by atoms with van der Waals surface area (Å²) in [5.74, 6) is 0.627. The molecule has 3 aromatic heterocycles. The van der Waals surface area contributed by atoms with Gasteiger partial charge in [0.15, 0.2) is 11.4 Å². The topological polar surface area (TPSA) is 52.1 Å². The molecule has 0 saturated heterocycles. The van der Waals surface area contributed by atoms with Crippen LogP contribution in [0.5, 0.6) is 0 Å². The Kier molecular flexibility index (Phi) is 6.46. The minimum Gasteiger partial charge on any atom is -0.455 e. The number of hydrogen-bond donors (Lipinski definition) is 0. The van der Waals surface area contributed by atoms with Crippen molar-refractivity contribution in [1.29, 1.82) is 0 Å². The van der Waals surface area contributed by atoms with E-state index in [0.29, 0.717) is 17.1 Å². The van der Waals surface area contributed by atoms with Crippen molar-refractivity contribution < 1.29 is 8.83 Å². The molecule has 50 heavy (non-hydrogen) atoms. The molecular formula is C46H28N2O2. The van der Waals surface area contributed by atoms with Gasteiger partial charge in [-0.3, -0.25) is 0 Å². The van der Waals surface area contributed by atoms with Crippen LogP contribution < -0.4 is 0 Å². The zero-order valence-corrected chi connectivity index (χ0v) is 26.9. The maximum Gasteiger partial charge on any atom is 0.180 e. The molecule has 0 aliphatic carbocycles. The molecule has 0 unspecified atom stereocenters. The number of hydrogen-bond acceptors (Lipinski definition) is 4. The fourth-order valence-corrected chi connectivity index (χ4v) is 7.04. The fraction of sp³-hybridized carbons (Fsp3) is 0. The van der Waals surface area contributed by atoms with Crippen LogP contribution in [0.2, 0.25) is 0 Å². The van der Waals surface area contributed by atoms with E-state index in [-0.39, 0.29) is 0 Å². The highest BCUT2D eigenvalue weighted by Gasteiger charge is 2.21. The van der Waals surface area contributed by atoms with Crippen molar-refractivity contribution in [1.82, 2.24) is 9.97 Å². The average molecular weight is 641 g/mol. The first-order valence-corrected chi connectivity index (χ1v) is 16.7. The normalized spacial score (nSPS) is 11.6. The lowest BCUT2D eigenvalue weighted by Gasteiger charge is -2.10. The van der Waals surface area contributed by atoms with Crippen molar-refractivity contribution in [3.05, 3.63) is 170 Å². The van der Waals surface area contributed by atoms with E-state index < -0.39 is 0 Å². The number of benzene rings is 7. The van der Waals surface area contributed by atoms with Crippen molar-refractivity contribution in [2.24, 2.45) is 0 Å². The van der Waals surface area contributed by atoms with E-state index in [4.69, 9.17) is 18.8 Å². The summed E-state index contributed by atoms with van der Waals surface area (Å²) in [4.78, 5) is 10.4. The van der Waals surface area contributed by atoms with Crippen LogP contribution in [0.3, 0.4) is 0 Å². The molecule has 0 amide bonds. The largest absolute Gasteiger partial charge is 0.455 e. The van der Waals surface area contributed by atoms with Crippen LogP contribution in [-0.2, 0) is 0 Å². The van der Waals surface area contributed by atoms with Gasteiger partial charge in [-0.05, 0) is 69.8 Å². The summed E-state index contributed by atoms with van der Waals surface area (Å²) in [6.45, 7) is 0. The highest BCUT2D eigenvalue weighted by Crippen LogP contribution is 2.41. The summed E-state index contributed by atoms with van der Waals surface area (Å²) in [6.07, 6.45) is 0. The van der Waals surface area contributed by atoms with Gasteiger partial charge in [-0.1, -0.05) is 133 Å². The molecule has 10 rings (SSSR count). The van der Waals surface area contributed by atoms with Gasteiger partial charge < -0.3 is 8.83 Å². The second-order valence-electron chi connectivity index (χ2n) is 12.6. The Morgan fingerprint density at radius 3 is 1.60 bits per heavy atom. The van der Waals surface area contributed by atoms with Crippen molar-refractivity contribution >= 4 is 44.0 Å². The monoisotopic (exact) mass is 640 g/mol. The van der Waals surface area contributed by atoms with Crippen LogP contribution >= 0.6 is 0 Å². The van der Waals surface area contributed by atoms with Crippen LogP contribution in [0.25, 0.3) is 100 Å². The van der Waals surface area contributed by atoms with Gasteiger partial charge in [-0.2, -0.15) is 0 Å². The standard InChI is InChI=1S/C46H28N2O2/c1-2-11-29(12-3-1)30-23-25-31(26-24-30)32-13-8-14-33(27-32)34-15-9-16-35(28-34)46-47-42-38-18-5-7-22-41(38)50-45(42)43(48-46)39-20-10-19-37-36-17-4-6-21-40(36)49-44(37)39/h1-28H. The van der Waals surface area contributed by atoms with Gasteiger partial charge in [-0.15, -0.1) is 0 Å². The molecule has 10 aromatic rings. The third-order valence-corrected chi connectivity index (χ3v) is 9.52. The summed E-state index contributed by atoms with van der Waals surface area (Å²) in [5.41, 5.74) is 13.3. The second kappa shape index (κ2) is 11.4. The van der Waals surface area contributed by atoms with E-state index in [1.807, 2.05) is 42.5 Å². The first-order chi connectivity index (χ1) is 24.8. The molecule has 4 nitrogen and oxygen atoms in total. The number of nitrogens with zero attached hydrogens (tertiary/aromatic N) is 2. The SMILES string of the molecule is c1ccc(-c2ccc(-c3cccc(-c4cccc(-c5nc(-c6cccc7c6oc6ccccc67)c6oc7ccccc7c6n5)c4)c3)cc2)cc1. The molecule has 4 heteroatoms. The summed E-state index contributed by atoms with van der Waals surface area (Å²) < 4.78 is 12.9. The van der Waals surface area contributed by atoms with Gasteiger partial charge in [0.2, 0.25) is 0 Å². The lowest BCUT2D eigenvalue weighted by molar-refractivity contribution is 0.663. The summed E-state index contributed by atoms with van der Waals surface area (Å²) in [5, 5.41) is 3.06. The molecule has 3 heterocycles. The van der Waals surface area contributed by atoms with E-state index in [1.165, 1.54) is 16.7 Å². The van der Waals surface area contributed by atoms with E-state index in [9.17, 15) is 0 Å². The van der Waals surface area contributed by atoms with Gasteiger partial charge >= 0.3 is 0 Å². The van der Waals surface area contributed by atoms with Crippen LogP contribution in [0.1, 0.15) is 0 Å². The Balaban J connectivity index is 1.10. The molecule has 0 fully saturated rings. The average Bonchev–Trinajstić information content (AvgIpc) is 3.77. The first-order valence-electron chi connectivity index (χ1n) is 16.7. The predicted molar refractivity (Wildman–Crippen MR) is 204 cm³/mol. The highest BCUT2D eigenvalue weighted by molar-refractivity contribution is 6.13. The number of fused-ring (bicyclic) bond motifs is 6. The lowest BCUT2D eigenvalue weighted by atomic mass is 9.96. The van der Waals surface area contributed by atoms with Gasteiger partial charge in [0.05, 0.1) is 0 Å². The quantitative estimate of drug-likeness (QED) is 0.188. The van der Waals surface area contributed by atoms with Crippen LogP contribution in [0, 0.1) is 0 Å². The van der Waals surface area contributed by atoms with Crippen LogP contribution in [0.15, 0.2) is 179 Å².